The van der Waals surface area contributed by atoms with Crippen molar-refractivity contribution in [1.82, 2.24) is 0 Å². The van der Waals surface area contributed by atoms with Crippen LogP contribution in [-0.4, -0.2) is 67.5 Å². The molecule has 3 aliphatic heterocycles. The predicted octanol–water partition coefficient (Wildman–Crippen LogP) is 0.290. The Hall–Kier alpha value is -0.0800. The maximum Gasteiger partial charge on any atom is 0.0875 e. The number of rotatable bonds is 0. The molecule has 6 heteroatoms. The van der Waals surface area contributed by atoms with Gasteiger partial charge in [-0.25, -0.2) is 0 Å². The molecule has 10 atom stereocenters. The van der Waals surface area contributed by atoms with Gasteiger partial charge < -0.3 is 20.4 Å². The molecule has 0 aliphatic carbocycles. The van der Waals surface area contributed by atoms with Crippen LogP contribution in [0.5, 0.6) is 0 Å². The van der Waals surface area contributed by atoms with E-state index in [1.54, 1.807) is 0 Å². The van der Waals surface area contributed by atoms with Crippen LogP contribution in [0.3, 0.4) is 0 Å². The summed E-state index contributed by atoms with van der Waals surface area (Å²) in [4.78, 5) is 0. The molecular formula is C17H24O4P2. The van der Waals surface area contributed by atoms with Crippen LogP contribution in [0.25, 0.3) is 0 Å². The van der Waals surface area contributed by atoms with Crippen molar-refractivity contribution in [3.05, 3.63) is 24.3 Å². The maximum atomic E-state index is 10.6. The van der Waals surface area contributed by atoms with E-state index in [1.165, 1.54) is 10.6 Å². The molecule has 4 N–H and O–H groups in total. The lowest BCUT2D eigenvalue weighted by atomic mass is 10.0. The Bertz CT molecular complexity index is 561. The standard InChI is InChI=1S/C17H24O4P2/c1-8-14(18)16(20)12-7-13-17(21)15(19)9(2)23(13)11-6-4-3-5-10(11)22(8)12/h3-6,8-9,12-21H,7H2,1-2H3/t8-,9-,12-,13-,14+,15+,16+,17+,22?,23?/m0/s1. The van der Waals surface area contributed by atoms with Gasteiger partial charge in [-0.15, -0.1) is 0 Å². The largest absolute Gasteiger partial charge is 0.390 e. The fourth-order valence-corrected chi connectivity index (χ4v) is 12.5. The van der Waals surface area contributed by atoms with Crippen molar-refractivity contribution < 1.29 is 20.4 Å². The second-order valence-electron chi connectivity index (χ2n) is 7.12. The first-order valence-electron chi connectivity index (χ1n) is 8.31. The Morgan fingerprint density at radius 1 is 0.739 bits per heavy atom. The Balaban J connectivity index is 1.88. The molecule has 0 bridgehead atoms. The molecule has 2 saturated heterocycles. The third-order valence-electron chi connectivity index (χ3n) is 5.99. The Labute approximate surface area is 139 Å². The summed E-state index contributed by atoms with van der Waals surface area (Å²) < 4.78 is 0. The summed E-state index contributed by atoms with van der Waals surface area (Å²) in [6.45, 7) is 4.08. The van der Waals surface area contributed by atoms with Crippen LogP contribution < -0.4 is 10.6 Å². The van der Waals surface area contributed by atoms with Crippen molar-refractivity contribution in [2.75, 3.05) is 0 Å². The van der Waals surface area contributed by atoms with Crippen LogP contribution in [0.1, 0.15) is 20.3 Å². The highest BCUT2D eigenvalue weighted by atomic mass is 31.1. The van der Waals surface area contributed by atoms with Crippen molar-refractivity contribution in [3.63, 3.8) is 0 Å². The number of aliphatic hydroxyl groups excluding tert-OH is 4. The average Bonchev–Trinajstić information content (AvgIpc) is 2.82. The number of benzene rings is 1. The van der Waals surface area contributed by atoms with Crippen LogP contribution in [0.4, 0.5) is 0 Å². The Morgan fingerprint density at radius 2 is 1.13 bits per heavy atom. The number of fused-ring (bicyclic) bond motifs is 5. The number of hydrogen-bond acceptors (Lipinski definition) is 4. The molecule has 0 spiro atoms. The molecule has 0 saturated carbocycles. The molecular weight excluding hydrogens is 330 g/mol. The molecule has 0 aromatic heterocycles. The van der Waals surface area contributed by atoms with E-state index in [0.29, 0.717) is 6.42 Å². The smallest absolute Gasteiger partial charge is 0.0875 e. The topological polar surface area (TPSA) is 80.9 Å². The number of aliphatic hydroxyl groups is 4. The normalized spacial score (nSPS) is 51.7. The molecule has 2 unspecified atom stereocenters. The average molecular weight is 354 g/mol. The second-order valence-corrected chi connectivity index (χ2v) is 12.7. The minimum atomic E-state index is -0.723. The van der Waals surface area contributed by atoms with Crippen molar-refractivity contribution in [2.45, 2.75) is 67.3 Å². The summed E-state index contributed by atoms with van der Waals surface area (Å²) in [6, 6.07) is 8.35. The van der Waals surface area contributed by atoms with Crippen LogP contribution in [0.15, 0.2) is 24.3 Å². The van der Waals surface area contributed by atoms with Gasteiger partial charge in [0, 0.05) is 22.6 Å². The molecule has 3 aliphatic rings. The third kappa shape index (κ3) is 2.20. The van der Waals surface area contributed by atoms with Crippen molar-refractivity contribution in [2.24, 2.45) is 0 Å². The Morgan fingerprint density at radius 3 is 1.52 bits per heavy atom. The van der Waals surface area contributed by atoms with Gasteiger partial charge in [-0.05, 0) is 17.0 Å². The van der Waals surface area contributed by atoms with E-state index < -0.39 is 40.3 Å². The van der Waals surface area contributed by atoms with Gasteiger partial charge in [0.15, 0.2) is 0 Å². The zero-order valence-corrected chi connectivity index (χ0v) is 15.1. The molecule has 4 rings (SSSR count). The van der Waals surface area contributed by atoms with Gasteiger partial charge in [0.1, 0.15) is 0 Å². The third-order valence-corrected chi connectivity index (χ3v) is 12.9. The molecule has 2 fully saturated rings. The van der Waals surface area contributed by atoms with Gasteiger partial charge in [-0.1, -0.05) is 54.0 Å². The molecule has 0 radical (unpaired) electrons. The highest BCUT2D eigenvalue weighted by molar-refractivity contribution is 7.74. The summed E-state index contributed by atoms with van der Waals surface area (Å²) in [5.74, 6) is 0. The maximum absolute atomic E-state index is 10.6. The zero-order valence-electron chi connectivity index (χ0n) is 13.3. The zero-order chi connectivity index (χ0) is 16.5. The highest BCUT2D eigenvalue weighted by Crippen LogP contribution is 2.65. The van der Waals surface area contributed by atoms with E-state index in [-0.39, 0.29) is 22.6 Å². The van der Waals surface area contributed by atoms with Crippen LogP contribution >= 0.6 is 15.8 Å². The summed E-state index contributed by atoms with van der Waals surface area (Å²) in [6.07, 6.45) is -2.12. The molecule has 126 valence electrons. The van der Waals surface area contributed by atoms with E-state index in [2.05, 4.69) is 12.1 Å². The summed E-state index contributed by atoms with van der Waals surface area (Å²) >= 11 is 0. The molecule has 3 heterocycles. The van der Waals surface area contributed by atoms with Crippen molar-refractivity contribution in [1.29, 1.82) is 0 Å². The summed E-state index contributed by atoms with van der Waals surface area (Å²) in [5.41, 5.74) is 0.165. The summed E-state index contributed by atoms with van der Waals surface area (Å²) in [5, 5.41) is 44.5. The lowest BCUT2D eigenvalue weighted by molar-refractivity contribution is 0.0156. The first kappa shape index (κ1) is 16.4. The quantitative estimate of drug-likeness (QED) is 0.505. The molecule has 4 nitrogen and oxygen atoms in total. The first-order valence-corrected chi connectivity index (χ1v) is 11.3. The molecule has 23 heavy (non-hydrogen) atoms. The highest BCUT2D eigenvalue weighted by Gasteiger charge is 2.56. The van der Waals surface area contributed by atoms with E-state index >= 15 is 0 Å². The van der Waals surface area contributed by atoms with E-state index in [4.69, 9.17) is 0 Å². The fourth-order valence-electron chi connectivity index (χ4n) is 4.74. The van der Waals surface area contributed by atoms with Gasteiger partial charge in [0.25, 0.3) is 0 Å². The minimum absolute atomic E-state index is 0.0146. The predicted molar refractivity (Wildman–Crippen MR) is 94.7 cm³/mol. The monoisotopic (exact) mass is 354 g/mol. The minimum Gasteiger partial charge on any atom is -0.390 e. The second kappa shape index (κ2) is 5.73. The van der Waals surface area contributed by atoms with E-state index in [9.17, 15) is 20.4 Å². The van der Waals surface area contributed by atoms with Crippen LogP contribution in [0, 0.1) is 0 Å². The number of hydrogen-bond donors (Lipinski definition) is 4. The molecule has 0 amide bonds. The molecule has 1 aromatic rings. The lowest BCUT2D eigenvalue weighted by Gasteiger charge is -2.26. The lowest BCUT2D eigenvalue weighted by Crippen LogP contribution is -2.36. The molecule has 1 aromatic carbocycles. The van der Waals surface area contributed by atoms with Gasteiger partial charge in [-0.2, -0.15) is 0 Å². The van der Waals surface area contributed by atoms with Gasteiger partial charge in [0.05, 0.1) is 24.4 Å². The summed E-state index contributed by atoms with van der Waals surface area (Å²) in [7, 11) is -1.31. The van der Waals surface area contributed by atoms with Crippen molar-refractivity contribution in [3.8, 4) is 0 Å². The SMILES string of the molecule is C[C@H]1[C@@H](O)[C@H](O)[C@@H]2C[C@H]3[C@@H](O)[C@H](O)[C@H](C)P3c3ccccc3P12. The van der Waals surface area contributed by atoms with E-state index in [0.717, 1.165) is 0 Å². The van der Waals surface area contributed by atoms with Crippen molar-refractivity contribution >= 4 is 26.5 Å². The van der Waals surface area contributed by atoms with E-state index in [1.807, 2.05) is 26.0 Å². The first-order chi connectivity index (χ1) is 10.9. The van der Waals surface area contributed by atoms with Crippen LogP contribution in [-0.2, 0) is 0 Å². The van der Waals surface area contributed by atoms with Gasteiger partial charge >= 0.3 is 0 Å². The van der Waals surface area contributed by atoms with Gasteiger partial charge in [0.2, 0.25) is 0 Å². The van der Waals surface area contributed by atoms with Gasteiger partial charge in [-0.3, -0.25) is 0 Å². The fraction of sp³-hybridized carbons (Fsp3) is 0.647. The Kier molecular flexibility index (Phi) is 4.08. The van der Waals surface area contributed by atoms with Crippen LogP contribution in [0.2, 0.25) is 0 Å².